The van der Waals surface area contributed by atoms with E-state index >= 15 is 0 Å². The summed E-state index contributed by atoms with van der Waals surface area (Å²) >= 11 is 0. The molecular formula is C22H28N2O4. The first kappa shape index (κ1) is 21.4. The Kier molecular flexibility index (Phi) is 7.58. The lowest BCUT2D eigenvalue weighted by molar-refractivity contribution is -0.130. The van der Waals surface area contributed by atoms with E-state index < -0.39 is 12.1 Å². The summed E-state index contributed by atoms with van der Waals surface area (Å²) < 4.78 is 0. The van der Waals surface area contributed by atoms with Gasteiger partial charge in [-0.2, -0.15) is 0 Å². The number of aromatic hydroxyl groups is 2. The lowest BCUT2D eigenvalue weighted by atomic mass is 9.95. The average Bonchev–Trinajstić information content (AvgIpc) is 2.67. The van der Waals surface area contributed by atoms with Gasteiger partial charge >= 0.3 is 0 Å². The van der Waals surface area contributed by atoms with Crippen LogP contribution in [0, 0.1) is 5.92 Å². The molecule has 6 nitrogen and oxygen atoms in total. The van der Waals surface area contributed by atoms with Crippen LogP contribution >= 0.6 is 0 Å². The number of benzene rings is 2. The predicted octanol–water partition coefficient (Wildman–Crippen LogP) is 2.18. The van der Waals surface area contributed by atoms with Crippen LogP contribution in [-0.2, 0) is 22.4 Å². The minimum Gasteiger partial charge on any atom is -0.508 e. The Balaban J connectivity index is 2.11. The number of hydrogen-bond donors (Lipinski definition) is 4. The number of Topliss-reactive ketones (excluding diaryl/α,β-unsaturated/α-hetero) is 1. The van der Waals surface area contributed by atoms with Crippen molar-refractivity contribution in [2.75, 3.05) is 7.05 Å². The number of ketones is 1. The maximum atomic E-state index is 12.8. The molecule has 0 radical (unpaired) electrons. The number of carbonyl (C=O) groups excluding carboxylic acids is 2. The zero-order chi connectivity index (χ0) is 20.7. The second-order valence-corrected chi connectivity index (χ2v) is 7.20. The van der Waals surface area contributed by atoms with Gasteiger partial charge in [-0.3, -0.25) is 9.59 Å². The topological polar surface area (TPSA) is 98.7 Å². The van der Waals surface area contributed by atoms with Crippen molar-refractivity contribution in [3.63, 3.8) is 0 Å². The van der Waals surface area contributed by atoms with Gasteiger partial charge in [0.1, 0.15) is 11.5 Å². The molecule has 2 rings (SSSR count). The van der Waals surface area contributed by atoms with E-state index in [1.54, 1.807) is 55.6 Å². The first-order chi connectivity index (χ1) is 13.3. The molecule has 2 unspecified atom stereocenters. The van der Waals surface area contributed by atoms with Gasteiger partial charge in [0.25, 0.3) is 0 Å². The van der Waals surface area contributed by atoms with Crippen molar-refractivity contribution < 1.29 is 19.8 Å². The lowest BCUT2D eigenvalue weighted by Crippen LogP contribution is -2.51. The number of amides is 1. The van der Waals surface area contributed by atoms with Gasteiger partial charge in [0.2, 0.25) is 5.91 Å². The van der Waals surface area contributed by atoms with Gasteiger partial charge in [0.05, 0.1) is 12.1 Å². The Labute approximate surface area is 165 Å². The molecule has 2 aromatic carbocycles. The van der Waals surface area contributed by atoms with E-state index in [-0.39, 0.29) is 29.1 Å². The van der Waals surface area contributed by atoms with Crippen molar-refractivity contribution in [3.05, 3.63) is 59.7 Å². The van der Waals surface area contributed by atoms with Crippen LogP contribution in [0.25, 0.3) is 0 Å². The predicted molar refractivity (Wildman–Crippen MR) is 108 cm³/mol. The molecule has 150 valence electrons. The Hall–Kier alpha value is -2.86. The van der Waals surface area contributed by atoms with Gasteiger partial charge in [-0.05, 0) is 55.3 Å². The summed E-state index contributed by atoms with van der Waals surface area (Å²) in [7, 11) is 1.70. The van der Waals surface area contributed by atoms with E-state index in [0.717, 1.165) is 11.1 Å². The fourth-order valence-corrected chi connectivity index (χ4v) is 2.96. The highest BCUT2D eigenvalue weighted by molar-refractivity contribution is 5.92. The van der Waals surface area contributed by atoms with E-state index in [9.17, 15) is 19.8 Å². The van der Waals surface area contributed by atoms with E-state index in [1.807, 2.05) is 13.8 Å². The summed E-state index contributed by atoms with van der Waals surface area (Å²) in [5.41, 5.74) is 1.76. The summed E-state index contributed by atoms with van der Waals surface area (Å²) in [6.07, 6.45) is 0.795. The van der Waals surface area contributed by atoms with Gasteiger partial charge in [0, 0.05) is 5.92 Å². The van der Waals surface area contributed by atoms with Crippen LogP contribution in [0.15, 0.2) is 48.5 Å². The zero-order valence-corrected chi connectivity index (χ0v) is 16.5. The van der Waals surface area contributed by atoms with Crippen molar-refractivity contribution in [1.29, 1.82) is 0 Å². The molecule has 1 amide bonds. The van der Waals surface area contributed by atoms with Gasteiger partial charge < -0.3 is 20.8 Å². The highest BCUT2D eigenvalue weighted by Crippen LogP contribution is 2.14. The Morgan fingerprint density at radius 2 is 1.25 bits per heavy atom. The van der Waals surface area contributed by atoms with Gasteiger partial charge in [-0.15, -0.1) is 0 Å². The summed E-state index contributed by atoms with van der Waals surface area (Å²) in [5.74, 6) is -0.184. The first-order valence-electron chi connectivity index (χ1n) is 9.37. The molecule has 0 heterocycles. The second-order valence-electron chi connectivity index (χ2n) is 7.20. The maximum absolute atomic E-state index is 12.8. The monoisotopic (exact) mass is 384 g/mol. The minimum atomic E-state index is -0.646. The number of phenolic OH excluding ortho intramolecular Hbond substituents is 2. The molecule has 0 aliphatic heterocycles. The summed E-state index contributed by atoms with van der Waals surface area (Å²) in [4.78, 5) is 25.5. The lowest BCUT2D eigenvalue weighted by Gasteiger charge is -2.23. The molecule has 0 aromatic heterocycles. The number of likely N-dealkylation sites (N-methyl/N-ethyl adjacent to an activating group) is 1. The van der Waals surface area contributed by atoms with Crippen LogP contribution in [0.4, 0.5) is 0 Å². The highest BCUT2D eigenvalue weighted by Gasteiger charge is 2.26. The van der Waals surface area contributed by atoms with Crippen molar-refractivity contribution in [2.45, 2.75) is 38.8 Å². The first-order valence-corrected chi connectivity index (χ1v) is 9.37. The van der Waals surface area contributed by atoms with E-state index in [4.69, 9.17) is 0 Å². The molecule has 0 fully saturated rings. The molecule has 4 N–H and O–H groups in total. The molecule has 0 saturated heterocycles. The molecule has 28 heavy (non-hydrogen) atoms. The van der Waals surface area contributed by atoms with Crippen LogP contribution in [-0.4, -0.2) is 41.0 Å². The van der Waals surface area contributed by atoms with Crippen LogP contribution in [0.3, 0.4) is 0 Å². The van der Waals surface area contributed by atoms with Crippen LogP contribution < -0.4 is 10.6 Å². The molecule has 0 saturated carbocycles. The third-order valence-corrected chi connectivity index (χ3v) is 4.65. The number of nitrogens with one attached hydrogen (secondary N) is 2. The third-order valence-electron chi connectivity index (χ3n) is 4.65. The van der Waals surface area contributed by atoms with Crippen LogP contribution in [0.1, 0.15) is 25.0 Å². The maximum Gasteiger partial charge on any atom is 0.238 e. The number of hydrogen-bond acceptors (Lipinski definition) is 5. The number of carbonyl (C=O) groups is 2. The largest absolute Gasteiger partial charge is 0.508 e. The Morgan fingerprint density at radius 3 is 1.64 bits per heavy atom. The van der Waals surface area contributed by atoms with Crippen molar-refractivity contribution >= 4 is 11.7 Å². The summed E-state index contributed by atoms with van der Waals surface area (Å²) in [5, 5.41) is 24.7. The third kappa shape index (κ3) is 6.09. The highest BCUT2D eigenvalue weighted by atomic mass is 16.3. The normalized spacial score (nSPS) is 13.1. The molecule has 0 spiro atoms. The quantitative estimate of drug-likeness (QED) is 0.531. The van der Waals surface area contributed by atoms with E-state index in [0.29, 0.717) is 12.8 Å². The van der Waals surface area contributed by atoms with E-state index in [2.05, 4.69) is 10.6 Å². The molecule has 0 aliphatic carbocycles. The number of rotatable bonds is 9. The second kappa shape index (κ2) is 9.90. The zero-order valence-electron chi connectivity index (χ0n) is 16.5. The number of phenols is 2. The van der Waals surface area contributed by atoms with Crippen LogP contribution in [0.2, 0.25) is 0 Å². The van der Waals surface area contributed by atoms with E-state index in [1.165, 1.54) is 0 Å². The summed E-state index contributed by atoms with van der Waals surface area (Å²) in [6, 6.07) is 12.2. The van der Waals surface area contributed by atoms with Gasteiger partial charge in [-0.25, -0.2) is 0 Å². The minimum absolute atomic E-state index is 0.0408. The fraction of sp³-hybridized carbons (Fsp3) is 0.364. The van der Waals surface area contributed by atoms with Crippen molar-refractivity contribution in [2.24, 2.45) is 5.92 Å². The van der Waals surface area contributed by atoms with Gasteiger partial charge in [0.15, 0.2) is 5.78 Å². The molecule has 0 aliphatic rings. The molecule has 2 atom stereocenters. The molecule has 6 heteroatoms. The SMILES string of the molecule is CNC(Cc1ccc(O)cc1)C(=O)NC(Cc1ccc(O)cc1)C(=O)C(C)C. The molecular weight excluding hydrogens is 356 g/mol. The molecule has 0 bridgehead atoms. The smallest absolute Gasteiger partial charge is 0.238 e. The van der Waals surface area contributed by atoms with Gasteiger partial charge in [-0.1, -0.05) is 38.1 Å². The van der Waals surface area contributed by atoms with Crippen LogP contribution in [0.5, 0.6) is 11.5 Å². The van der Waals surface area contributed by atoms with Crippen molar-refractivity contribution in [1.82, 2.24) is 10.6 Å². The average molecular weight is 384 g/mol. The standard InChI is InChI=1S/C22H28N2O4/c1-14(2)21(27)19(12-15-4-8-17(25)9-5-15)24-22(28)20(23-3)13-16-6-10-18(26)11-7-16/h4-11,14,19-20,23,25-26H,12-13H2,1-3H3,(H,24,28). The Morgan fingerprint density at radius 1 is 0.821 bits per heavy atom. The fourth-order valence-electron chi connectivity index (χ4n) is 2.96. The Bertz CT molecular complexity index is 785. The summed E-state index contributed by atoms with van der Waals surface area (Å²) in [6.45, 7) is 3.62. The molecule has 2 aromatic rings. The van der Waals surface area contributed by atoms with Crippen molar-refractivity contribution in [3.8, 4) is 11.5 Å².